The SMILES string of the molecule is CC(=O)C(NC(=O)OC(C)(C)C)C(=O)OC(C)(C)C. The van der Waals surface area contributed by atoms with Crippen molar-refractivity contribution in [2.45, 2.75) is 65.7 Å². The smallest absolute Gasteiger partial charge is 0.408 e. The van der Waals surface area contributed by atoms with Crippen LogP contribution in [-0.4, -0.2) is 35.1 Å². The highest BCUT2D eigenvalue weighted by Gasteiger charge is 2.31. The minimum Gasteiger partial charge on any atom is -0.458 e. The summed E-state index contributed by atoms with van der Waals surface area (Å²) in [6.45, 7) is 11.3. The second-order valence-electron chi connectivity index (χ2n) is 6.22. The summed E-state index contributed by atoms with van der Waals surface area (Å²) < 4.78 is 10.1. The first-order valence-electron chi connectivity index (χ1n) is 6.04. The van der Waals surface area contributed by atoms with E-state index in [2.05, 4.69) is 5.32 Å². The number of ketones is 1. The monoisotopic (exact) mass is 273 g/mol. The van der Waals surface area contributed by atoms with Crippen LogP contribution in [0.3, 0.4) is 0 Å². The van der Waals surface area contributed by atoms with Crippen LogP contribution in [0.4, 0.5) is 4.79 Å². The molecule has 0 aliphatic rings. The molecule has 0 saturated heterocycles. The number of hydrogen-bond donors (Lipinski definition) is 1. The fourth-order valence-corrected chi connectivity index (χ4v) is 1.11. The number of carbonyl (C=O) groups is 3. The molecule has 0 aliphatic heterocycles. The Morgan fingerprint density at radius 3 is 1.63 bits per heavy atom. The minimum atomic E-state index is -1.35. The van der Waals surface area contributed by atoms with Crippen LogP contribution >= 0.6 is 0 Å². The molecule has 19 heavy (non-hydrogen) atoms. The number of nitrogens with one attached hydrogen (secondary N) is 1. The molecule has 6 heteroatoms. The summed E-state index contributed by atoms with van der Waals surface area (Å²) in [5, 5.41) is 2.21. The molecule has 0 bridgehead atoms. The van der Waals surface area contributed by atoms with Crippen molar-refractivity contribution in [1.29, 1.82) is 0 Å². The van der Waals surface area contributed by atoms with Crippen LogP contribution in [0.1, 0.15) is 48.5 Å². The molecule has 0 aromatic heterocycles. The predicted molar refractivity (Wildman–Crippen MR) is 69.7 cm³/mol. The molecule has 0 rings (SSSR count). The van der Waals surface area contributed by atoms with E-state index in [0.29, 0.717) is 0 Å². The molecule has 0 heterocycles. The van der Waals surface area contributed by atoms with E-state index in [-0.39, 0.29) is 0 Å². The van der Waals surface area contributed by atoms with Gasteiger partial charge in [0.15, 0.2) is 11.8 Å². The average molecular weight is 273 g/mol. The molecular formula is C13H23NO5. The van der Waals surface area contributed by atoms with Crippen molar-refractivity contribution in [1.82, 2.24) is 5.32 Å². The second kappa shape index (κ2) is 6.04. The van der Waals surface area contributed by atoms with Gasteiger partial charge >= 0.3 is 12.1 Å². The van der Waals surface area contributed by atoms with Crippen molar-refractivity contribution in [2.24, 2.45) is 0 Å². The van der Waals surface area contributed by atoms with E-state index in [1.165, 1.54) is 6.92 Å². The number of esters is 1. The van der Waals surface area contributed by atoms with Crippen LogP contribution in [0.5, 0.6) is 0 Å². The lowest BCUT2D eigenvalue weighted by atomic mass is 10.1. The van der Waals surface area contributed by atoms with Crippen LogP contribution in [-0.2, 0) is 19.1 Å². The Kier molecular flexibility index (Phi) is 5.53. The summed E-state index contributed by atoms with van der Waals surface area (Å²) in [6.07, 6.45) is -0.835. The summed E-state index contributed by atoms with van der Waals surface area (Å²) >= 11 is 0. The molecule has 1 N–H and O–H groups in total. The van der Waals surface area contributed by atoms with Crippen molar-refractivity contribution in [3.05, 3.63) is 0 Å². The van der Waals surface area contributed by atoms with E-state index in [4.69, 9.17) is 9.47 Å². The Balaban J connectivity index is 4.72. The third-order valence-electron chi connectivity index (χ3n) is 1.71. The molecule has 0 aromatic rings. The quantitative estimate of drug-likeness (QED) is 0.626. The van der Waals surface area contributed by atoms with Gasteiger partial charge in [-0.3, -0.25) is 4.79 Å². The molecule has 1 amide bonds. The van der Waals surface area contributed by atoms with E-state index in [0.717, 1.165) is 0 Å². The molecule has 0 saturated carbocycles. The standard InChI is InChI=1S/C13H23NO5/c1-8(15)9(10(16)18-12(2,3)4)14-11(17)19-13(5,6)7/h9H,1-7H3,(H,14,17). The fourth-order valence-electron chi connectivity index (χ4n) is 1.11. The topological polar surface area (TPSA) is 81.7 Å². The van der Waals surface area contributed by atoms with E-state index >= 15 is 0 Å². The molecule has 0 spiro atoms. The summed E-state index contributed by atoms with van der Waals surface area (Å²) in [4.78, 5) is 34.7. The Bertz CT molecular complexity index is 362. The molecule has 1 atom stereocenters. The van der Waals surface area contributed by atoms with Crippen LogP contribution in [0.2, 0.25) is 0 Å². The first kappa shape index (κ1) is 17.4. The predicted octanol–water partition coefficient (Wildman–Crippen LogP) is 1.81. The van der Waals surface area contributed by atoms with Gasteiger partial charge < -0.3 is 14.8 Å². The first-order chi connectivity index (χ1) is 8.32. The first-order valence-corrected chi connectivity index (χ1v) is 6.04. The molecule has 0 fully saturated rings. The number of ether oxygens (including phenoxy) is 2. The molecule has 110 valence electrons. The highest BCUT2D eigenvalue weighted by molar-refractivity contribution is 6.04. The van der Waals surface area contributed by atoms with Crippen molar-refractivity contribution < 1.29 is 23.9 Å². The third-order valence-corrected chi connectivity index (χ3v) is 1.71. The van der Waals surface area contributed by atoms with Crippen LogP contribution < -0.4 is 5.32 Å². The normalized spacial score (nSPS) is 13.4. The fraction of sp³-hybridized carbons (Fsp3) is 0.769. The van der Waals surface area contributed by atoms with Gasteiger partial charge in [-0.1, -0.05) is 0 Å². The van der Waals surface area contributed by atoms with Crippen LogP contribution in [0.25, 0.3) is 0 Å². The van der Waals surface area contributed by atoms with Gasteiger partial charge in [0.25, 0.3) is 0 Å². The van der Waals surface area contributed by atoms with E-state index in [1.54, 1.807) is 41.5 Å². The van der Waals surface area contributed by atoms with Crippen molar-refractivity contribution >= 4 is 17.8 Å². The zero-order valence-electron chi connectivity index (χ0n) is 12.6. The molecule has 0 aliphatic carbocycles. The molecule has 6 nitrogen and oxygen atoms in total. The Morgan fingerprint density at radius 2 is 1.32 bits per heavy atom. The third kappa shape index (κ3) is 8.18. The van der Waals surface area contributed by atoms with Gasteiger partial charge in [-0.2, -0.15) is 0 Å². The zero-order chi connectivity index (χ0) is 15.4. The average Bonchev–Trinajstić information content (AvgIpc) is 2.07. The largest absolute Gasteiger partial charge is 0.458 e. The number of rotatable bonds is 3. The highest BCUT2D eigenvalue weighted by Crippen LogP contribution is 2.10. The van der Waals surface area contributed by atoms with Gasteiger partial charge in [0.05, 0.1) is 0 Å². The van der Waals surface area contributed by atoms with Crippen molar-refractivity contribution in [2.75, 3.05) is 0 Å². The summed E-state index contributed by atoms with van der Waals surface area (Å²) in [7, 11) is 0. The highest BCUT2D eigenvalue weighted by atomic mass is 16.6. The Labute approximate surface area is 113 Å². The lowest BCUT2D eigenvalue weighted by molar-refractivity contribution is -0.159. The van der Waals surface area contributed by atoms with Gasteiger partial charge in [-0.05, 0) is 48.5 Å². The van der Waals surface area contributed by atoms with E-state index in [9.17, 15) is 14.4 Å². The number of carbonyl (C=O) groups excluding carboxylic acids is 3. The van der Waals surface area contributed by atoms with Crippen molar-refractivity contribution in [3.8, 4) is 0 Å². The van der Waals surface area contributed by atoms with Gasteiger partial charge in [0.2, 0.25) is 0 Å². The molecular weight excluding hydrogens is 250 g/mol. The van der Waals surface area contributed by atoms with Gasteiger partial charge in [-0.15, -0.1) is 0 Å². The Morgan fingerprint density at radius 1 is 0.895 bits per heavy atom. The van der Waals surface area contributed by atoms with E-state index < -0.39 is 35.1 Å². The van der Waals surface area contributed by atoms with Crippen LogP contribution in [0, 0.1) is 0 Å². The number of amides is 1. The summed E-state index contributed by atoms with van der Waals surface area (Å²) in [6, 6.07) is -1.35. The maximum absolute atomic E-state index is 11.8. The number of alkyl carbamates (subject to hydrolysis) is 1. The molecule has 0 aromatic carbocycles. The van der Waals surface area contributed by atoms with Gasteiger partial charge in [0.1, 0.15) is 11.2 Å². The number of hydrogen-bond acceptors (Lipinski definition) is 5. The molecule has 1 unspecified atom stereocenters. The zero-order valence-corrected chi connectivity index (χ0v) is 12.6. The minimum absolute atomic E-state index is 0.514. The summed E-state index contributed by atoms with van der Waals surface area (Å²) in [5.74, 6) is -1.31. The maximum Gasteiger partial charge on any atom is 0.408 e. The maximum atomic E-state index is 11.8. The Hall–Kier alpha value is -1.59. The summed E-state index contributed by atoms with van der Waals surface area (Å²) in [5.41, 5.74) is -1.44. The van der Waals surface area contributed by atoms with E-state index in [1.807, 2.05) is 0 Å². The lowest BCUT2D eigenvalue weighted by Crippen LogP contribution is -2.49. The lowest BCUT2D eigenvalue weighted by Gasteiger charge is -2.25. The van der Waals surface area contributed by atoms with Gasteiger partial charge in [0, 0.05) is 0 Å². The van der Waals surface area contributed by atoms with Crippen molar-refractivity contribution in [3.63, 3.8) is 0 Å². The second-order valence-corrected chi connectivity index (χ2v) is 6.22. The van der Waals surface area contributed by atoms with Gasteiger partial charge in [-0.25, -0.2) is 9.59 Å². The molecule has 0 radical (unpaired) electrons. The number of Topliss-reactive ketones (excluding diaryl/α,β-unsaturated/α-hetero) is 1. The van der Waals surface area contributed by atoms with Crippen LogP contribution in [0.15, 0.2) is 0 Å².